The van der Waals surface area contributed by atoms with Gasteiger partial charge < -0.3 is 19.9 Å². The van der Waals surface area contributed by atoms with Gasteiger partial charge in [0.1, 0.15) is 10.8 Å². The van der Waals surface area contributed by atoms with Gasteiger partial charge in [-0.1, -0.05) is 41.9 Å². The largest absolute Gasteiger partial charge is 0.506 e. The quantitative estimate of drug-likeness (QED) is 0.671. The lowest BCUT2D eigenvalue weighted by Gasteiger charge is -2.07. The van der Waals surface area contributed by atoms with Gasteiger partial charge in [0.25, 0.3) is 5.91 Å². The zero-order chi connectivity index (χ0) is 15.5. The fraction of sp³-hybridized carbons (Fsp3) is 0.0625. The molecule has 2 N–H and O–H groups in total. The number of aliphatic hydroxyl groups is 1. The maximum absolute atomic E-state index is 12.1. The lowest BCUT2D eigenvalue weighted by Crippen LogP contribution is -2.13. The highest BCUT2D eigenvalue weighted by Gasteiger charge is 2.17. The van der Waals surface area contributed by atoms with Gasteiger partial charge in [-0.05, 0) is 12.1 Å². The third-order valence-electron chi connectivity index (χ3n) is 3.08. The molecule has 112 valence electrons. The maximum atomic E-state index is 12.1. The van der Waals surface area contributed by atoms with E-state index >= 15 is 0 Å². The first kappa shape index (κ1) is 14.3. The molecule has 1 aliphatic heterocycles. The summed E-state index contributed by atoms with van der Waals surface area (Å²) >= 11 is 5.95. The van der Waals surface area contributed by atoms with Gasteiger partial charge in [-0.3, -0.25) is 4.79 Å². The lowest BCUT2D eigenvalue weighted by atomic mass is 10.2. The molecule has 1 aliphatic rings. The molecule has 1 heterocycles. The summed E-state index contributed by atoms with van der Waals surface area (Å²) < 4.78 is 10.4. The number of fused-ring (bicyclic) bond motifs is 1. The van der Waals surface area contributed by atoms with Crippen LogP contribution in [0.15, 0.2) is 53.6 Å². The number of rotatable bonds is 3. The Morgan fingerprint density at radius 3 is 2.59 bits per heavy atom. The van der Waals surface area contributed by atoms with Crippen LogP contribution in [0.25, 0.3) is 5.76 Å². The molecule has 0 atom stereocenters. The summed E-state index contributed by atoms with van der Waals surface area (Å²) in [5, 5.41) is 12.3. The van der Waals surface area contributed by atoms with Crippen LogP contribution in [-0.4, -0.2) is 17.8 Å². The van der Waals surface area contributed by atoms with E-state index in [0.717, 1.165) is 0 Å². The molecular weight excluding hydrogens is 306 g/mol. The van der Waals surface area contributed by atoms with Crippen molar-refractivity contribution >= 4 is 29.0 Å². The Bertz CT molecular complexity index is 743. The van der Waals surface area contributed by atoms with Gasteiger partial charge in [-0.2, -0.15) is 0 Å². The second kappa shape index (κ2) is 5.99. The number of anilines is 1. The van der Waals surface area contributed by atoms with Crippen LogP contribution >= 0.6 is 11.6 Å². The van der Waals surface area contributed by atoms with Crippen LogP contribution in [0.5, 0.6) is 11.5 Å². The van der Waals surface area contributed by atoms with Gasteiger partial charge in [-0.25, -0.2) is 0 Å². The van der Waals surface area contributed by atoms with E-state index < -0.39 is 5.91 Å². The molecule has 0 saturated carbocycles. The summed E-state index contributed by atoms with van der Waals surface area (Å²) in [6.07, 6.45) is 0. The number of carbonyl (C=O) groups excluding carboxylic acids is 1. The first-order valence-corrected chi connectivity index (χ1v) is 6.88. The number of hydrogen-bond acceptors (Lipinski definition) is 4. The lowest BCUT2D eigenvalue weighted by molar-refractivity contribution is -0.112. The third kappa shape index (κ3) is 2.84. The van der Waals surface area contributed by atoms with Crippen molar-refractivity contribution in [3.8, 4) is 11.5 Å². The van der Waals surface area contributed by atoms with Crippen molar-refractivity contribution in [2.75, 3.05) is 12.1 Å². The summed E-state index contributed by atoms with van der Waals surface area (Å²) in [7, 11) is 0. The molecule has 2 aromatic carbocycles. The molecule has 0 unspecified atom stereocenters. The van der Waals surface area contributed by atoms with Gasteiger partial charge in [0.2, 0.25) is 6.79 Å². The molecule has 0 fully saturated rings. The van der Waals surface area contributed by atoms with Crippen molar-refractivity contribution in [3.63, 3.8) is 0 Å². The van der Waals surface area contributed by atoms with E-state index in [4.69, 9.17) is 21.1 Å². The van der Waals surface area contributed by atoms with Crippen molar-refractivity contribution in [1.82, 2.24) is 0 Å². The number of ether oxygens (including phenoxy) is 2. The monoisotopic (exact) mass is 317 g/mol. The zero-order valence-corrected chi connectivity index (χ0v) is 12.1. The predicted octanol–water partition coefficient (Wildman–Crippen LogP) is 3.52. The molecule has 0 spiro atoms. The van der Waals surface area contributed by atoms with Crippen LogP contribution in [0.3, 0.4) is 0 Å². The van der Waals surface area contributed by atoms with Crippen molar-refractivity contribution in [1.29, 1.82) is 0 Å². The van der Waals surface area contributed by atoms with Crippen LogP contribution in [0, 0.1) is 0 Å². The molecule has 22 heavy (non-hydrogen) atoms. The summed E-state index contributed by atoms with van der Waals surface area (Å²) in [6, 6.07) is 13.6. The standard InChI is InChI=1S/C16H12ClNO4/c17-14(15(19)10-4-2-1-3-5-10)16(20)18-11-6-7-12-13(8-11)22-9-21-12/h1-8,19H,9H2,(H,18,20). The first-order chi connectivity index (χ1) is 10.6. The van der Waals surface area contributed by atoms with Crippen LogP contribution in [0.1, 0.15) is 5.56 Å². The average Bonchev–Trinajstić information content (AvgIpc) is 3.02. The molecule has 1 amide bonds. The van der Waals surface area contributed by atoms with Crippen molar-refractivity contribution in [2.24, 2.45) is 0 Å². The summed E-state index contributed by atoms with van der Waals surface area (Å²) in [6.45, 7) is 0.155. The molecule has 5 nitrogen and oxygen atoms in total. The number of hydrogen-bond donors (Lipinski definition) is 2. The second-order valence-corrected chi connectivity index (χ2v) is 4.93. The maximum Gasteiger partial charge on any atom is 0.271 e. The molecule has 0 aliphatic carbocycles. The fourth-order valence-electron chi connectivity index (χ4n) is 1.99. The average molecular weight is 318 g/mol. The smallest absolute Gasteiger partial charge is 0.271 e. The highest BCUT2D eigenvalue weighted by molar-refractivity contribution is 6.46. The number of carbonyl (C=O) groups is 1. The van der Waals surface area contributed by atoms with E-state index in [1.54, 1.807) is 48.5 Å². The number of nitrogens with one attached hydrogen (secondary N) is 1. The Hall–Kier alpha value is -2.66. The predicted molar refractivity (Wildman–Crippen MR) is 83.0 cm³/mol. The minimum absolute atomic E-state index is 0.155. The van der Waals surface area contributed by atoms with Crippen molar-refractivity contribution in [3.05, 3.63) is 59.1 Å². The van der Waals surface area contributed by atoms with Gasteiger partial charge in [-0.15, -0.1) is 0 Å². The van der Waals surface area contributed by atoms with E-state index in [1.807, 2.05) is 0 Å². The SMILES string of the molecule is O=C(Nc1ccc2c(c1)OCO2)C(Cl)=C(O)c1ccccc1. The van der Waals surface area contributed by atoms with Crippen LogP contribution in [0.4, 0.5) is 5.69 Å². The minimum atomic E-state index is -0.609. The van der Waals surface area contributed by atoms with Gasteiger partial charge in [0.05, 0.1) is 0 Å². The summed E-state index contributed by atoms with van der Waals surface area (Å²) in [5.41, 5.74) is 0.960. The van der Waals surface area contributed by atoms with E-state index in [9.17, 15) is 9.90 Å². The van der Waals surface area contributed by atoms with E-state index in [2.05, 4.69) is 5.32 Å². The number of benzene rings is 2. The Kier molecular flexibility index (Phi) is 3.89. The number of aliphatic hydroxyl groups excluding tert-OH is 1. The number of amides is 1. The molecule has 0 bridgehead atoms. The zero-order valence-electron chi connectivity index (χ0n) is 11.4. The first-order valence-electron chi connectivity index (χ1n) is 6.50. The summed E-state index contributed by atoms with van der Waals surface area (Å²) in [5.74, 6) is 0.277. The van der Waals surface area contributed by atoms with Crippen molar-refractivity contribution < 1.29 is 19.4 Å². The Balaban J connectivity index is 1.79. The Morgan fingerprint density at radius 2 is 1.82 bits per heavy atom. The van der Waals surface area contributed by atoms with Crippen LogP contribution in [-0.2, 0) is 4.79 Å². The highest BCUT2D eigenvalue weighted by Crippen LogP contribution is 2.34. The normalized spacial score (nSPS) is 13.5. The van der Waals surface area contributed by atoms with Crippen LogP contribution < -0.4 is 14.8 Å². The topological polar surface area (TPSA) is 67.8 Å². The Labute approximate surface area is 131 Å². The number of halogens is 1. The molecule has 0 saturated heterocycles. The molecular formula is C16H12ClNO4. The summed E-state index contributed by atoms with van der Waals surface area (Å²) in [4.78, 5) is 12.1. The molecule has 3 rings (SSSR count). The van der Waals surface area contributed by atoms with Gasteiger partial charge in [0.15, 0.2) is 11.5 Å². The second-order valence-electron chi connectivity index (χ2n) is 4.55. The molecule has 0 aromatic heterocycles. The van der Waals surface area contributed by atoms with Crippen molar-refractivity contribution in [2.45, 2.75) is 0 Å². The highest BCUT2D eigenvalue weighted by atomic mass is 35.5. The van der Waals surface area contributed by atoms with Crippen LogP contribution in [0.2, 0.25) is 0 Å². The van der Waals surface area contributed by atoms with E-state index in [0.29, 0.717) is 22.7 Å². The fourth-order valence-corrected chi connectivity index (χ4v) is 2.15. The minimum Gasteiger partial charge on any atom is -0.506 e. The molecule has 2 aromatic rings. The van der Waals surface area contributed by atoms with E-state index in [-0.39, 0.29) is 17.6 Å². The third-order valence-corrected chi connectivity index (χ3v) is 3.44. The molecule has 6 heteroatoms. The molecule has 0 radical (unpaired) electrons. The van der Waals surface area contributed by atoms with Gasteiger partial charge >= 0.3 is 0 Å². The van der Waals surface area contributed by atoms with E-state index in [1.165, 1.54) is 0 Å². The Morgan fingerprint density at radius 1 is 1.09 bits per heavy atom. The van der Waals surface area contributed by atoms with Gasteiger partial charge in [0, 0.05) is 17.3 Å².